The van der Waals surface area contributed by atoms with Crippen molar-refractivity contribution in [2.75, 3.05) is 24.6 Å². The summed E-state index contributed by atoms with van der Waals surface area (Å²) in [6, 6.07) is 0. The van der Waals surface area contributed by atoms with E-state index in [1.165, 1.54) is 0 Å². The van der Waals surface area contributed by atoms with Gasteiger partial charge in [-0.2, -0.15) is 13.2 Å². The average molecular weight is 333 g/mol. The number of hydrogen-bond acceptors (Lipinski definition) is 6. The molecule has 120 valence electrons. The monoisotopic (exact) mass is 333 g/mol. The molecule has 1 atom stereocenters. The fourth-order valence-corrected chi connectivity index (χ4v) is 3.15. The molecule has 3 rings (SSSR count). The van der Waals surface area contributed by atoms with Crippen LogP contribution in [0.15, 0.2) is 11.7 Å². The highest BCUT2D eigenvalue weighted by atomic mass is 32.1. The topological polar surface area (TPSA) is 56.1 Å². The van der Waals surface area contributed by atoms with E-state index in [1.54, 1.807) is 11.2 Å². The molecule has 1 fully saturated rings. The van der Waals surface area contributed by atoms with E-state index in [2.05, 4.69) is 15.2 Å². The Morgan fingerprint density at radius 3 is 2.95 bits per heavy atom. The highest BCUT2D eigenvalue weighted by Gasteiger charge is 2.35. The number of rotatable bonds is 3. The van der Waals surface area contributed by atoms with Gasteiger partial charge in [0.15, 0.2) is 16.6 Å². The summed E-state index contributed by atoms with van der Waals surface area (Å²) in [5.74, 6) is 0.680. The van der Waals surface area contributed by atoms with Crippen LogP contribution in [0.25, 0.3) is 0 Å². The number of alkyl halides is 3. The van der Waals surface area contributed by atoms with Gasteiger partial charge in [0.05, 0.1) is 13.2 Å². The van der Waals surface area contributed by atoms with Gasteiger partial charge in [-0.05, 0) is 6.92 Å². The molecular formula is C12H14F3N5OS. The third-order valence-corrected chi connectivity index (χ3v) is 4.30. The molecule has 1 aliphatic heterocycles. The van der Waals surface area contributed by atoms with Crippen molar-refractivity contribution in [3.05, 3.63) is 23.2 Å². The van der Waals surface area contributed by atoms with Crippen LogP contribution in [0.3, 0.4) is 0 Å². The summed E-state index contributed by atoms with van der Waals surface area (Å²) in [4.78, 5) is 5.48. The summed E-state index contributed by atoms with van der Waals surface area (Å²) < 4.78 is 45.5. The van der Waals surface area contributed by atoms with Crippen LogP contribution < -0.4 is 4.90 Å². The van der Waals surface area contributed by atoms with Gasteiger partial charge < -0.3 is 14.2 Å². The highest BCUT2D eigenvalue weighted by Crippen LogP contribution is 2.34. The number of thiazole rings is 1. The molecule has 6 nitrogen and oxygen atoms in total. The predicted octanol–water partition coefficient (Wildman–Crippen LogP) is 2.35. The summed E-state index contributed by atoms with van der Waals surface area (Å²) in [7, 11) is 0. The van der Waals surface area contributed by atoms with Gasteiger partial charge in [0.2, 0.25) is 0 Å². The fraction of sp³-hybridized carbons (Fsp3) is 0.583. The molecule has 0 unspecified atom stereocenters. The van der Waals surface area contributed by atoms with Crippen molar-refractivity contribution >= 4 is 16.5 Å². The summed E-state index contributed by atoms with van der Waals surface area (Å²) >= 11 is 0.989. The molecule has 1 saturated heterocycles. The van der Waals surface area contributed by atoms with Gasteiger partial charge in [-0.15, -0.1) is 21.5 Å². The van der Waals surface area contributed by atoms with Crippen molar-refractivity contribution < 1.29 is 17.9 Å². The van der Waals surface area contributed by atoms with Gasteiger partial charge in [-0.1, -0.05) is 0 Å². The van der Waals surface area contributed by atoms with E-state index in [0.29, 0.717) is 37.2 Å². The minimum atomic E-state index is -4.41. The van der Waals surface area contributed by atoms with E-state index < -0.39 is 11.9 Å². The maximum Gasteiger partial charge on any atom is 0.434 e. The number of morpholine rings is 1. The Hall–Kier alpha value is -1.68. The van der Waals surface area contributed by atoms with Crippen LogP contribution in [-0.2, 0) is 17.5 Å². The number of nitrogens with zero attached hydrogens (tertiary/aromatic N) is 5. The van der Waals surface area contributed by atoms with Crippen LogP contribution in [0.5, 0.6) is 0 Å². The Kier molecular flexibility index (Phi) is 4.04. The van der Waals surface area contributed by atoms with Gasteiger partial charge >= 0.3 is 6.18 Å². The molecule has 2 aromatic heterocycles. The van der Waals surface area contributed by atoms with E-state index in [4.69, 9.17) is 4.74 Å². The number of hydrogen-bond donors (Lipinski definition) is 0. The summed E-state index contributed by atoms with van der Waals surface area (Å²) in [5.41, 5.74) is -0.854. The smallest absolute Gasteiger partial charge is 0.366 e. The third-order valence-electron chi connectivity index (χ3n) is 3.39. The van der Waals surface area contributed by atoms with Crippen LogP contribution >= 0.6 is 11.3 Å². The molecule has 0 amide bonds. The van der Waals surface area contributed by atoms with Crippen molar-refractivity contribution in [2.45, 2.75) is 25.7 Å². The number of anilines is 1. The second-order valence-electron chi connectivity index (χ2n) is 4.79. The minimum absolute atomic E-state index is 0.325. The van der Waals surface area contributed by atoms with E-state index >= 15 is 0 Å². The number of aryl methyl sites for hydroxylation is 1. The normalized spacial score (nSPS) is 19.6. The second-order valence-corrected chi connectivity index (χ2v) is 5.63. The number of ether oxygens (including phenoxy) is 1. The van der Waals surface area contributed by atoms with Gasteiger partial charge in [-0.3, -0.25) is 0 Å². The first-order chi connectivity index (χ1) is 10.5. The van der Waals surface area contributed by atoms with Crippen LogP contribution in [0.2, 0.25) is 0 Å². The van der Waals surface area contributed by atoms with E-state index in [-0.39, 0.29) is 6.10 Å². The van der Waals surface area contributed by atoms with Crippen molar-refractivity contribution in [1.82, 2.24) is 19.7 Å². The maximum absolute atomic E-state index is 12.6. The quantitative estimate of drug-likeness (QED) is 0.863. The Labute approximate surface area is 128 Å². The van der Waals surface area contributed by atoms with Crippen LogP contribution in [0, 0.1) is 0 Å². The first-order valence-electron chi connectivity index (χ1n) is 6.76. The van der Waals surface area contributed by atoms with Crippen molar-refractivity contribution in [3.63, 3.8) is 0 Å². The maximum atomic E-state index is 12.6. The zero-order valence-electron chi connectivity index (χ0n) is 11.7. The second kappa shape index (κ2) is 5.84. The lowest BCUT2D eigenvalue weighted by Gasteiger charge is -2.32. The lowest BCUT2D eigenvalue weighted by Crippen LogP contribution is -2.39. The van der Waals surface area contributed by atoms with Crippen LogP contribution in [-0.4, -0.2) is 39.4 Å². The Bertz CT molecular complexity index is 641. The van der Waals surface area contributed by atoms with E-state index in [1.807, 2.05) is 11.5 Å². The molecule has 0 radical (unpaired) electrons. The van der Waals surface area contributed by atoms with E-state index in [0.717, 1.165) is 16.7 Å². The Morgan fingerprint density at radius 1 is 1.45 bits per heavy atom. The Balaban J connectivity index is 1.77. The number of aromatic nitrogens is 4. The molecule has 22 heavy (non-hydrogen) atoms. The third kappa shape index (κ3) is 2.93. The lowest BCUT2D eigenvalue weighted by atomic mass is 10.2. The summed E-state index contributed by atoms with van der Waals surface area (Å²) in [6.07, 6.45) is -3.12. The van der Waals surface area contributed by atoms with Gasteiger partial charge in [0, 0.05) is 18.5 Å². The SMILES string of the molecule is CCn1cnnc1[C@@H]1CN(c2nc(C(F)(F)F)cs2)CCO1. The summed E-state index contributed by atoms with van der Waals surface area (Å²) in [5, 5.41) is 9.29. The molecule has 0 bridgehead atoms. The molecule has 3 heterocycles. The molecular weight excluding hydrogens is 319 g/mol. The lowest BCUT2D eigenvalue weighted by molar-refractivity contribution is -0.140. The van der Waals surface area contributed by atoms with Gasteiger partial charge in [-0.25, -0.2) is 4.98 Å². The van der Waals surface area contributed by atoms with Crippen LogP contribution in [0.4, 0.5) is 18.3 Å². The number of halogens is 3. The largest absolute Gasteiger partial charge is 0.434 e. The van der Waals surface area contributed by atoms with Crippen molar-refractivity contribution in [1.29, 1.82) is 0 Å². The molecule has 0 aromatic carbocycles. The van der Waals surface area contributed by atoms with E-state index in [9.17, 15) is 13.2 Å². The van der Waals surface area contributed by atoms with Crippen molar-refractivity contribution in [3.8, 4) is 0 Å². The zero-order chi connectivity index (χ0) is 15.7. The molecule has 1 aliphatic rings. The first-order valence-corrected chi connectivity index (χ1v) is 7.64. The highest BCUT2D eigenvalue weighted by molar-refractivity contribution is 7.13. The van der Waals surface area contributed by atoms with Gasteiger partial charge in [0.1, 0.15) is 12.4 Å². The predicted molar refractivity (Wildman–Crippen MR) is 73.7 cm³/mol. The standard InChI is InChI=1S/C12H14F3N5OS/c1-2-19-7-16-18-10(19)8-5-20(3-4-21-8)11-17-9(6-22-11)12(13,14)15/h6-8H,2-5H2,1H3/t8-/m0/s1. The van der Waals surface area contributed by atoms with Gasteiger partial charge in [0.25, 0.3) is 0 Å². The molecule has 0 N–H and O–H groups in total. The zero-order valence-corrected chi connectivity index (χ0v) is 12.6. The average Bonchev–Trinajstić information content (AvgIpc) is 3.16. The molecule has 10 heteroatoms. The molecule has 0 aliphatic carbocycles. The first kappa shape index (κ1) is 15.2. The molecule has 0 saturated carbocycles. The molecule has 2 aromatic rings. The van der Waals surface area contributed by atoms with Crippen molar-refractivity contribution in [2.24, 2.45) is 0 Å². The Morgan fingerprint density at radius 2 is 2.27 bits per heavy atom. The van der Waals surface area contributed by atoms with Crippen LogP contribution in [0.1, 0.15) is 24.5 Å². The minimum Gasteiger partial charge on any atom is -0.366 e. The molecule has 0 spiro atoms. The summed E-state index contributed by atoms with van der Waals surface area (Å²) in [6.45, 7) is 3.98. The fourth-order valence-electron chi connectivity index (χ4n) is 2.28.